The number of halogens is 1. The van der Waals surface area contributed by atoms with Crippen molar-refractivity contribution in [3.05, 3.63) is 29.6 Å². The van der Waals surface area contributed by atoms with Crippen molar-refractivity contribution >= 4 is 11.9 Å². The van der Waals surface area contributed by atoms with Gasteiger partial charge >= 0.3 is 5.97 Å². The first kappa shape index (κ1) is 14.3. The Kier molecular flexibility index (Phi) is 4.22. The lowest BCUT2D eigenvalue weighted by molar-refractivity contribution is -0.139. The molecule has 2 rings (SSSR count). The molecule has 0 radical (unpaired) electrons. The van der Waals surface area contributed by atoms with E-state index in [4.69, 9.17) is 9.84 Å². The first-order valence-corrected chi connectivity index (χ1v) is 6.38. The number of carboxylic acid groups (broad SMARTS) is 1. The standard InChI is InChI=1S/C14H16FNO4/c1-20-12-5-4-9(15)7-10(12)13(17)16-11(14(18)19)6-8-2-3-8/h4-5,7-8,11H,2-3,6H2,1H3,(H,16,17)(H,18,19). The molecule has 1 unspecified atom stereocenters. The summed E-state index contributed by atoms with van der Waals surface area (Å²) in [5.41, 5.74) is -0.00505. The molecule has 5 nitrogen and oxygen atoms in total. The van der Waals surface area contributed by atoms with Gasteiger partial charge in [0.15, 0.2) is 0 Å². The summed E-state index contributed by atoms with van der Waals surface area (Å²) in [7, 11) is 1.36. The normalized spacial score (nSPS) is 15.5. The number of rotatable bonds is 6. The summed E-state index contributed by atoms with van der Waals surface area (Å²) < 4.78 is 18.2. The highest BCUT2D eigenvalue weighted by atomic mass is 19.1. The van der Waals surface area contributed by atoms with E-state index in [0.29, 0.717) is 12.3 Å². The van der Waals surface area contributed by atoms with Crippen molar-refractivity contribution in [2.45, 2.75) is 25.3 Å². The van der Waals surface area contributed by atoms with Gasteiger partial charge in [-0.3, -0.25) is 4.79 Å². The molecule has 1 amide bonds. The van der Waals surface area contributed by atoms with Gasteiger partial charge in [-0.05, 0) is 30.5 Å². The highest BCUT2D eigenvalue weighted by Gasteiger charge is 2.30. The first-order chi connectivity index (χ1) is 9.51. The Labute approximate surface area is 115 Å². The number of aliphatic carboxylic acids is 1. The molecule has 1 aliphatic carbocycles. The lowest BCUT2D eigenvalue weighted by atomic mass is 10.1. The van der Waals surface area contributed by atoms with Crippen molar-refractivity contribution in [3.63, 3.8) is 0 Å². The van der Waals surface area contributed by atoms with Crippen LogP contribution in [0.5, 0.6) is 5.75 Å². The van der Waals surface area contributed by atoms with Crippen LogP contribution in [0, 0.1) is 11.7 Å². The molecule has 20 heavy (non-hydrogen) atoms. The summed E-state index contributed by atoms with van der Waals surface area (Å²) in [4.78, 5) is 23.2. The fraction of sp³-hybridized carbons (Fsp3) is 0.429. The average molecular weight is 281 g/mol. The zero-order valence-electron chi connectivity index (χ0n) is 11.1. The van der Waals surface area contributed by atoms with Crippen molar-refractivity contribution in [3.8, 4) is 5.75 Å². The number of amides is 1. The van der Waals surface area contributed by atoms with Gasteiger partial charge in [0.05, 0.1) is 12.7 Å². The third kappa shape index (κ3) is 3.46. The summed E-state index contributed by atoms with van der Waals surface area (Å²) in [6.45, 7) is 0. The quantitative estimate of drug-likeness (QED) is 0.834. The molecule has 6 heteroatoms. The van der Waals surface area contributed by atoms with Crippen LogP contribution in [0.1, 0.15) is 29.6 Å². The maximum Gasteiger partial charge on any atom is 0.326 e. The second-order valence-electron chi connectivity index (χ2n) is 4.89. The van der Waals surface area contributed by atoms with E-state index in [2.05, 4.69) is 5.32 Å². The zero-order chi connectivity index (χ0) is 14.7. The number of carboxylic acids is 1. The Morgan fingerprint density at radius 2 is 2.20 bits per heavy atom. The minimum atomic E-state index is -1.08. The van der Waals surface area contributed by atoms with Crippen LogP contribution in [-0.4, -0.2) is 30.1 Å². The molecule has 0 saturated heterocycles. The van der Waals surface area contributed by atoms with Crippen molar-refractivity contribution in [1.82, 2.24) is 5.32 Å². The predicted molar refractivity (Wildman–Crippen MR) is 69.2 cm³/mol. The Bertz CT molecular complexity index is 528. The smallest absolute Gasteiger partial charge is 0.326 e. The van der Waals surface area contributed by atoms with Crippen molar-refractivity contribution in [2.75, 3.05) is 7.11 Å². The lowest BCUT2D eigenvalue weighted by Crippen LogP contribution is -2.41. The summed E-state index contributed by atoms with van der Waals surface area (Å²) >= 11 is 0. The van der Waals surface area contributed by atoms with Crippen LogP contribution < -0.4 is 10.1 Å². The Balaban J connectivity index is 2.13. The third-order valence-electron chi connectivity index (χ3n) is 3.28. The molecule has 1 aromatic rings. The van der Waals surface area contributed by atoms with Gasteiger partial charge in [0.1, 0.15) is 17.6 Å². The molecule has 0 heterocycles. The molecule has 1 saturated carbocycles. The van der Waals surface area contributed by atoms with Gasteiger partial charge in [0.25, 0.3) is 5.91 Å². The van der Waals surface area contributed by atoms with Crippen molar-refractivity contribution in [1.29, 1.82) is 0 Å². The molecule has 0 spiro atoms. The molecule has 1 atom stereocenters. The number of benzene rings is 1. The van der Waals surface area contributed by atoms with Crippen LogP contribution in [-0.2, 0) is 4.79 Å². The highest BCUT2D eigenvalue weighted by molar-refractivity contribution is 5.98. The summed E-state index contributed by atoms with van der Waals surface area (Å²) in [5.74, 6) is -1.75. The Morgan fingerprint density at radius 3 is 2.75 bits per heavy atom. The molecule has 2 N–H and O–H groups in total. The van der Waals surface area contributed by atoms with Gasteiger partial charge in [-0.1, -0.05) is 12.8 Å². The van der Waals surface area contributed by atoms with Crippen LogP contribution in [0.25, 0.3) is 0 Å². The molecule has 1 aliphatic rings. The van der Waals surface area contributed by atoms with Gasteiger partial charge in [0, 0.05) is 0 Å². The van der Waals surface area contributed by atoms with E-state index < -0.39 is 23.7 Å². The minimum Gasteiger partial charge on any atom is -0.496 e. The van der Waals surface area contributed by atoms with Crippen LogP contribution in [0.15, 0.2) is 18.2 Å². The number of carbonyl (C=O) groups excluding carboxylic acids is 1. The highest BCUT2D eigenvalue weighted by Crippen LogP contribution is 2.33. The predicted octanol–water partition coefficient (Wildman–Crippen LogP) is 1.82. The van der Waals surface area contributed by atoms with Gasteiger partial charge in [-0.15, -0.1) is 0 Å². The van der Waals surface area contributed by atoms with Crippen LogP contribution in [0.4, 0.5) is 4.39 Å². The summed E-state index contributed by atoms with van der Waals surface area (Å²) in [6.07, 6.45) is 2.38. The number of hydrogen-bond donors (Lipinski definition) is 2. The molecule has 0 aliphatic heterocycles. The number of methoxy groups -OCH3 is 1. The Hall–Kier alpha value is -2.11. The monoisotopic (exact) mass is 281 g/mol. The SMILES string of the molecule is COc1ccc(F)cc1C(=O)NC(CC1CC1)C(=O)O. The van der Waals surface area contributed by atoms with Crippen LogP contribution >= 0.6 is 0 Å². The molecule has 1 fully saturated rings. The van der Waals surface area contributed by atoms with Crippen molar-refractivity contribution < 1.29 is 23.8 Å². The average Bonchev–Trinajstić information content (AvgIpc) is 3.21. The molecular formula is C14H16FNO4. The minimum absolute atomic E-state index is 0.00505. The summed E-state index contributed by atoms with van der Waals surface area (Å²) in [5, 5.41) is 11.5. The van der Waals surface area contributed by atoms with Crippen molar-refractivity contribution in [2.24, 2.45) is 5.92 Å². The van der Waals surface area contributed by atoms with E-state index in [9.17, 15) is 14.0 Å². The van der Waals surface area contributed by atoms with E-state index in [1.54, 1.807) is 0 Å². The lowest BCUT2D eigenvalue weighted by Gasteiger charge is -2.15. The van der Waals surface area contributed by atoms with Gasteiger partial charge < -0.3 is 15.2 Å². The molecule has 0 aromatic heterocycles. The van der Waals surface area contributed by atoms with E-state index in [-0.39, 0.29) is 11.3 Å². The summed E-state index contributed by atoms with van der Waals surface area (Å²) in [6, 6.07) is 2.59. The van der Waals surface area contributed by atoms with Gasteiger partial charge in [0.2, 0.25) is 0 Å². The van der Waals surface area contributed by atoms with E-state index in [0.717, 1.165) is 18.9 Å². The maximum absolute atomic E-state index is 13.2. The topological polar surface area (TPSA) is 75.6 Å². The largest absolute Gasteiger partial charge is 0.496 e. The second kappa shape index (κ2) is 5.90. The van der Waals surface area contributed by atoms with Gasteiger partial charge in [-0.2, -0.15) is 0 Å². The number of ether oxygens (including phenoxy) is 1. The fourth-order valence-corrected chi connectivity index (χ4v) is 2.00. The Morgan fingerprint density at radius 1 is 1.50 bits per heavy atom. The first-order valence-electron chi connectivity index (χ1n) is 6.38. The van der Waals surface area contributed by atoms with Crippen LogP contribution in [0.3, 0.4) is 0 Å². The fourth-order valence-electron chi connectivity index (χ4n) is 2.00. The zero-order valence-corrected chi connectivity index (χ0v) is 11.1. The molecular weight excluding hydrogens is 265 g/mol. The molecule has 0 bridgehead atoms. The van der Waals surface area contributed by atoms with Crippen LogP contribution in [0.2, 0.25) is 0 Å². The van der Waals surface area contributed by atoms with Gasteiger partial charge in [-0.25, -0.2) is 9.18 Å². The van der Waals surface area contributed by atoms with E-state index in [1.165, 1.54) is 19.2 Å². The number of hydrogen-bond acceptors (Lipinski definition) is 3. The second-order valence-corrected chi connectivity index (χ2v) is 4.89. The van der Waals surface area contributed by atoms with E-state index in [1.807, 2.05) is 0 Å². The number of carbonyl (C=O) groups is 2. The number of nitrogens with one attached hydrogen (secondary N) is 1. The van der Waals surface area contributed by atoms with E-state index >= 15 is 0 Å². The molecule has 108 valence electrons. The third-order valence-corrected chi connectivity index (χ3v) is 3.28. The molecule has 1 aromatic carbocycles. The maximum atomic E-state index is 13.2.